The topological polar surface area (TPSA) is 13.1 Å². The van der Waals surface area contributed by atoms with Gasteiger partial charge in [-0.05, 0) is 99.0 Å². The number of rotatable bonds is 24. The first-order valence-corrected chi connectivity index (χ1v) is 36.0. The molecule has 0 unspecified atom stereocenters. The molecule has 5 aromatic rings. The van der Waals surface area contributed by atoms with Gasteiger partial charge >= 0.3 is 0 Å². The van der Waals surface area contributed by atoms with E-state index in [-0.39, 0.29) is 0 Å². The highest BCUT2D eigenvalue weighted by molar-refractivity contribution is 7.17. The van der Waals surface area contributed by atoms with Gasteiger partial charge in [0, 0.05) is 15.6 Å². The molecule has 0 radical (unpaired) electrons. The number of benzene rings is 3. The zero-order chi connectivity index (χ0) is 40.7. The number of hydrogen-bond acceptors (Lipinski definition) is 2. The lowest BCUT2D eigenvalue weighted by molar-refractivity contribution is 0.612. The SMILES string of the molecule is CC[Si](CC)(CC)CCc1c2cc3c(CC[Si](CC)(CC)CC)c4sccc4c(CC[Si](CC)(CC)CC)c3cc2c(CC[Si](CC)(CC)CC)c2occc12. The molecular formula is C50H82OSSi4. The summed E-state index contributed by atoms with van der Waals surface area (Å²) in [5.41, 5.74) is 7.68. The predicted molar refractivity (Wildman–Crippen MR) is 269 cm³/mol. The van der Waals surface area contributed by atoms with Crippen molar-refractivity contribution < 1.29 is 4.42 Å². The Balaban J connectivity index is 1.89. The molecule has 0 saturated heterocycles. The molecule has 0 aliphatic heterocycles. The molecule has 0 atom stereocenters. The fourth-order valence-corrected chi connectivity index (χ4v) is 25.8. The van der Waals surface area contributed by atoms with E-state index in [2.05, 4.69) is 113 Å². The first-order valence-electron chi connectivity index (χ1n) is 23.8. The van der Waals surface area contributed by atoms with Crippen LogP contribution in [-0.4, -0.2) is 32.3 Å². The van der Waals surface area contributed by atoms with Gasteiger partial charge in [-0.1, -0.05) is 180 Å². The summed E-state index contributed by atoms with van der Waals surface area (Å²) >= 11 is 2.05. The molecule has 2 heterocycles. The molecule has 0 fully saturated rings. The Morgan fingerprint density at radius 2 is 0.732 bits per heavy atom. The molecule has 2 aromatic heterocycles. The van der Waals surface area contributed by atoms with Crippen molar-refractivity contribution in [2.75, 3.05) is 0 Å². The van der Waals surface area contributed by atoms with Gasteiger partial charge in [0.05, 0.1) is 38.6 Å². The Bertz CT molecular complexity index is 1710. The van der Waals surface area contributed by atoms with E-state index in [4.69, 9.17) is 4.42 Å². The van der Waals surface area contributed by atoms with Crippen LogP contribution in [0, 0.1) is 0 Å². The molecule has 0 spiro atoms. The Kier molecular flexibility index (Phi) is 16.1. The largest absolute Gasteiger partial charge is 0.464 e. The summed E-state index contributed by atoms with van der Waals surface area (Å²) in [5, 5.41) is 11.7. The standard InChI is InChI=1S/C50H82OSSi4/c1-13-53(14-2,15-3)33-27-39-41-25-31-51-49(41)42(29-35-55(19-7,20-8)21-9)47-37-46-40(28-34-54(16-4,17-5)18-6)43-26-32-52-50(43)44(48(46)38-45(39)47)30-36-56(22-10,23-11)24-12/h25-26,31-32,37-38H,13-24,27-30,33-36H2,1-12H3. The van der Waals surface area contributed by atoms with Crippen LogP contribution in [0.5, 0.6) is 0 Å². The molecular weight excluding hydrogens is 761 g/mol. The van der Waals surface area contributed by atoms with Crippen molar-refractivity contribution in [1.29, 1.82) is 0 Å². The van der Waals surface area contributed by atoms with Crippen molar-refractivity contribution >= 4 is 86.2 Å². The maximum Gasteiger partial charge on any atom is 0.137 e. The van der Waals surface area contributed by atoms with E-state index in [1.807, 2.05) is 17.6 Å². The maximum absolute atomic E-state index is 6.69. The van der Waals surface area contributed by atoms with Gasteiger partial charge in [0.15, 0.2) is 0 Å². The van der Waals surface area contributed by atoms with Crippen molar-refractivity contribution in [2.24, 2.45) is 0 Å². The summed E-state index contributed by atoms with van der Waals surface area (Å²) in [4.78, 5) is 0. The lowest BCUT2D eigenvalue weighted by Crippen LogP contribution is -2.32. The van der Waals surface area contributed by atoms with Crippen LogP contribution in [-0.2, 0) is 25.7 Å². The molecule has 56 heavy (non-hydrogen) atoms. The van der Waals surface area contributed by atoms with Crippen molar-refractivity contribution in [3.05, 3.63) is 58.2 Å². The van der Waals surface area contributed by atoms with E-state index in [1.165, 1.54) is 138 Å². The third-order valence-corrected chi connectivity index (χ3v) is 41.8. The lowest BCUT2D eigenvalue weighted by Gasteiger charge is -2.30. The van der Waals surface area contributed by atoms with Crippen LogP contribution in [0.2, 0.25) is 96.7 Å². The van der Waals surface area contributed by atoms with Crippen molar-refractivity contribution in [3.8, 4) is 0 Å². The first kappa shape index (κ1) is 45.6. The highest BCUT2D eigenvalue weighted by Gasteiger charge is 2.32. The number of furan rings is 1. The van der Waals surface area contributed by atoms with E-state index < -0.39 is 32.3 Å². The molecule has 0 bridgehead atoms. The van der Waals surface area contributed by atoms with Gasteiger partial charge < -0.3 is 4.42 Å². The third-order valence-electron chi connectivity index (χ3n) is 17.6. The number of aryl methyl sites for hydroxylation is 4. The molecule has 0 saturated carbocycles. The van der Waals surface area contributed by atoms with Crippen molar-refractivity contribution in [2.45, 2.75) is 205 Å². The lowest BCUT2D eigenvalue weighted by atomic mass is 9.87. The third kappa shape index (κ3) is 8.72. The van der Waals surface area contributed by atoms with Crippen LogP contribution in [0.15, 0.2) is 40.3 Å². The minimum atomic E-state index is -1.34. The number of fused-ring (bicyclic) bond motifs is 4. The van der Waals surface area contributed by atoms with Gasteiger partial charge in [0.25, 0.3) is 0 Å². The summed E-state index contributed by atoms with van der Waals surface area (Å²) in [5.74, 6) is 0. The molecule has 0 aliphatic rings. The second-order valence-electron chi connectivity index (χ2n) is 18.4. The van der Waals surface area contributed by atoms with Gasteiger partial charge in [-0.3, -0.25) is 0 Å². The zero-order valence-electron chi connectivity index (χ0n) is 38.4. The summed E-state index contributed by atoms with van der Waals surface area (Å²) in [6.45, 7) is 30.0. The van der Waals surface area contributed by atoms with Crippen LogP contribution in [0.1, 0.15) is 105 Å². The van der Waals surface area contributed by atoms with E-state index in [0.717, 1.165) is 6.42 Å². The van der Waals surface area contributed by atoms with E-state index in [1.54, 1.807) is 42.9 Å². The Morgan fingerprint density at radius 3 is 1.14 bits per heavy atom. The van der Waals surface area contributed by atoms with Crippen LogP contribution in [0.4, 0.5) is 0 Å². The molecule has 5 rings (SSSR count). The summed E-state index contributed by atoms with van der Waals surface area (Å²) in [6, 6.07) is 32.8. The fraction of sp³-hybridized carbons (Fsp3) is 0.640. The normalized spacial score (nSPS) is 13.4. The van der Waals surface area contributed by atoms with Crippen molar-refractivity contribution in [3.63, 3.8) is 0 Å². The number of thiophene rings is 1. The summed E-state index contributed by atoms with van der Waals surface area (Å²) in [7, 11) is -5.27. The van der Waals surface area contributed by atoms with Crippen molar-refractivity contribution in [1.82, 2.24) is 0 Å². The molecule has 0 aliphatic carbocycles. The second kappa shape index (κ2) is 19.7. The minimum Gasteiger partial charge on any atom is -0.464 e. The highest BCUT2D eigenvalue weighted by atomic mass is 32.1. The summed E-state index contributed by atoms with van der Waals surface area (Å²) in [6.07, 6.45) is 6.85. The van der Waals surface area contributed by atoms with Gasteiger partial charge in [-0.2, -0.15) is 0 Å². The van der Waals surface area contributed by atoms with Crippen LogP contribution >= 0.6 is 11.3 Å². The smallest absolute Gasteiger partial charge is 0.137 e. The van der Waals surface area contributed by atoms with Gasteiger partial charge in [-0.15, -0.1) is 11.3 Å². The second-order valence-corrected chi connectivity index (χ2v) is 41.8. The van der Waals surface area contributed by atoms with E-state index >= 15 is 0 Å². The monoisotopic (exact) mass is 843 g/mol. The van der Waals surface area contributed by atoms with Crippen LogP contribution in [0.3, 0.4) is 0 Å². The Morgan fingerprint density at radius 1 is 0.393 bits per heavy atom. The van der Waals surface area contributed by atoms with E-state index in [9.17, 15) is 0 Å². The van der Waals surface area contributed by atoms with Gasteiger partial charge in [0.1, 0.15) is 5.58 Å². The Labute approximate surface area is 352 Å². The van der Waals surface area contributed by atoms with Crippen LogP contribution < -0.4 is 0 Å². The maximum atomic E-state index is 6.69. The molecule has 1 nitrogen and oxygen atoms in total. The molecule has 0 N–H and O–H groups in total. The van der Waals surface area contributed by atoms with Gasteiger partial charge in [-0.25, -0.2) is 0 Å². The Hall–Kier alpha value is -1.45. The first-order chi connectivity index (χ1) is 27.0. The van der Waals surface area contributed by atoms with E-state index in [0.29, 0.717) is 0 Å². The molecule has 0 amide bonds. The van der Waals surface area contributed by atoms with Crippen LogP contribution in [0.25, 0.3) is 42.6 Å². The fourth-order valence-electron chi connectivity index (χ4n) is 11.4. The molecule has 6 heteroatoms. The molecule has 3 aromatic carbocycles. The summed E-state index contributed by atoms with van der Waals surface area (Å²) < 4.78 is 8.30. The average Bonchev–Trinajstić information content (AvgIpc) is 3.94. The zero-order valence-corrected chi connectivity index (χ0v) is 43.2. The minimum absolute atomic E-state index is 1.16. The predicted octanol–water partition coefficient (Wildman–Crippen LogP) is 18.2. The highest BCUT2D eigenvalue weighted by Crippen LogP contribution is 2.46. The number of hydrogen-bond donors (Lipinski definition) is 0. The quantitative estimate of drug-likeness (QED) is 0.0446. The van der Waals surface area contributed by atoms with Gasteiger partial charge in [0.2, 0.25) is 0 Å². The molecule has 310 valence electrons. The average molecular weight is 844 g/mol.